The van der Waals surface area contributed by atoms with Gasteiger partial charge in [0.1, 0.15) is 18.5 Å². The molecule has 0 spiro atoms. The van der Waals surface area contributed by atoms with Crippen LogP contribution in [0.5, 0.6) is 0 Å². The summed E-state index contributed by atoms with van der Waals surface area (Å²) in [7, 11) is 3.10. The van der Waals surface area contributed by atoms with Crippen LogP contribution in [0.4, 0.5) is 0 Å². The SMILES string of the molecule is COC1C=C(CO)OC1OC. The van der Waals surface area contributed by atoms with E-state index in [2.05, 4.69) is 0 Å². The Labute approximate surface area is 65.4 Å². The van der Waals surface area contributed by atoms with Gasteiger partial charge in [-0.25, -0.2) is 0 Å². The van der Waals surface area contributed by atoms with Crippen LogP contribution in [-0.4, -0.2) is 38.3 Å². The zero-order chi connectivity index (χ0) is 8.27. The maximum atomic E-state index is 8.69. The van der Waals surface area contributed by atoms with Crippen LogP contribution in [0.15, 0.2) is 11.8 Å². The number of methoxy groups -OCH3 is 2. The lowest BCUT2D eigenvalue weighted by molar-refractivity contribution is -0.136. The van der Waals surface area contributed by atoms with Crippen LogP contribution < -0.4 is 0 Å². The minimum absolute atomic E-state index is 0.111. The zero-order valence-electron chi connectivity index (χ0n) is 6.61. The molecule has 11 heavy (non-hydrogen) atoms. The lowest BCUT2D eigenvalue weighted by atomic mass is 10.3. The highest BCUT2D eigenvalue weighted by Crippen LogP contribution is 2.19. The van der Waals surface area contributed by atoms with Crippen LogP contribution in [0.2, 0.25) is 0 Å². The molecule has 2 unspecified atom stereocenters. The molecule has 1 rings (SSSR count). The van der Waals surface area contributed by atoms with Crippen molar-refractivity contribution in [2.24, 2.45) is 0 Å². The van der Waals surface area contributed by atoms with Crippen LogP contribution >= 0.6 is 0 Å². The smallest absolute Gasteiger partial charge is 0.229 e. The molecule has 2 atom stereocenters. The van der Waals surface area contributed by atoms with E-state index in [1.165, 1.54) is 7.11 Å². The molecule has 0 saturated carbocycles. The Bertz CT molecular complexity index is 155. The van der Waals surface area contributed by atoms with Gasteiger partial charge in [0, 0.05) is 14.2 Å². The second-order valence-corrected chi connectivity index (χ2v) is 2.21. The number of hydrogen-bond acceptors (Lipinski definition) is 4. The molecule has 0 fully saturated rings. The summed E-state index contributed by atoms with van der Waals surface area (Å²) >= 11 is 0. The highest BCUT2D eigenvalue weighted by atomic mass is 16.7. The molecular formula is C7H12O4. The van der Waals surface area contributed by atoms with Crippen molar-refractivity contribution in [2.45, 2.75) is 12.4 Å². The van der Waals surface area contributed by atoms with Gasteiger partial charge in [-0.2, -0.15) is 0 Å². The molecule has 1 heterocycles. The van der Waals surface area contributed by atoms with Gasteiger partial charge < -0.3 is 19.3 Å². The van der Waals surface area contributed by atoms with E-state index in [1.807, 2.05) is 0 Å². The third-order valence-electron chi connectivity index (χ3n) is 1.55. The molecule has 1 aliphatic rings. The monoisotopic (exact) mass is 160 g/mol. The van der Waals surface area contributed by atoms with Crippen molar-refractivity contribution in [3.8, 4) is 0 Å². The van der Waals surface area contributed by atoms with E-state index in [0.717, 1.165) is 0 Å². The Kier molecular flexibility index (Phi) is 2.87. The molecule has 0 aromatic carbocycles. The molecule has 0 bridgehead atoms. The molecule has 4 heteroatoms. The molecule has 0 radical (unpaired) electrons. The fourth-order valence-electron chi connectivity index (χ4n) is 0.969. The van der Waals surface area contributed by atoms with Crippen LogP contribution in [0.3, 0.4) is 0 Å². The highest BCUT2D eigenvalue weighted by Gasteiger charge is 2.28. The predicted octanol–water partition coefficient (Wildman–Crippen LogP) is -0.120. The Hall–Kier alpha value is -0.580. The maximum absolute atomic E-state index is 8.69. The van der Waals surface area contributed by atoms with E-state index in [-0.39, 0.29) is 12.7 Å². The maximum Gasteiger partial charge on any atom is 0.229 e. The summed E-state index contributed by atoms with van der Waals surface area (Å²) in [6.07, 6.45) is 1.08. The van der Waals surface area contributed by atoms with Crippen molar-refractivity contribution in [3.05, 3.63) is 11.8 Å². The van der Waals surface area contributed by atoms with Gasteiger partial charge in [-0.15, -0.1) is 0 Å². The quantitative estimate of drug-likeness (QED) is 0.625. The molecular weight excluding hydrogens is 148 g/mol. The van der Waals surface area contributed by atoms with E-state index in [4.69, 9.17) is 19.3 Å². The average molecular weight is 160 g/mol. The zero-order valence-corrected chi connectivity index (χ0v) is 6.61. The van der Waals surface area contributed by atoms with E-state index in [9.17, 15) is 0 Å². The summed E-state index contributed by atoms with van der Waals surface area (Å²) in [6.45, 7) is -0.111. The fraction of sp³-hybridized carbons (Fsp3) is 0.714. The summed E-state index contributed by atoms with van der Waals surface area (Å²) in [5.74, 6) is 0.503. The van der Waals surface area contributed by atoms with Crippen LogP contribution in [-0.2, 0) is 14.2 Å². The van der Waals surface area contributed by atoms with Gasteiger partial charge in [0.25, 0.3) is 0 Å². The third kappa shape index (κ3) is 1.71. The Balaban J connectivity index is 2.53. The molecule has 0 aliphatic carbocycles. The molecule has 1 aliphatic heterocycles. The standard InChI is InChI=1S/C7H12O4/c1-9-6-3-5(4-8)11-7(6)10-2/h3,6-8H,4H2,1-2H3. The molecule has 64 valence electrons. The molecule has 0 saturated heterocycles. The molecule has 4 nitrogen and oxygen atoms in total. The summed E-state index contributed by atoms with van der Waals surface area (Å²) < 4.78 is 15.1. The van der Waals surface area contributed by atoms with Crippen molar-refractivity contribution >= 4 is 0 Å². The van der Waals surface area contributed by atoms with Gasteiger partial charge in [-0.3, -0.25) is 0 Å². The first kappa shape index (κ1) is 8.52. The van der Waals surface area contributed by atoms with Crippen molar-refractivity contribution in [1.29, 1.82) is 0 Å². The number of rotatable bonds is 3. The summed E-state index contributed by atoms with van der Waals surface area (Å²) in [5.41, 5.74) is 0. The second-order valence-electron chi connectivity index (χ2n) is 2.21. The highest BCUT2D eigenvalue weighted by molar-refractivity contribution is 5.05. The van der Waals surface area contributed by atoms with E-state index < -0.39 is 6.29 Å². The minimum atomic E-state index is -0.415. The van der Waals surface area contributed by atoms with Crippen molar-refractivity contribution in [2.75, 3.05) is 20.8 Å². The first-order valence-electron chi connectivity index (χ1n) is 3.35. The lowest BCUT2D eigenvalue weighted by Gasteiger charge is -2.15. The van der Waals surface area contributed by atoms with Crippen LogP contribution in [0, 0.1) is 0 Å². The summed E-state index contributed by atoms with van der Waals surface area (Å²) in [4.78, 5) is 0. The summed E-state index contributed by atoms with van der Waals surface area (Å²) in [5, 5.41) is 8.69. The van der Waals surface area contributed by atoms with E-state index in [0.29, 0.717) is 5.76 Å². The Morgan fingerprint density at radius 2 is 2.27 bits per heavy atom. The van der Waals surface area contributed by atoms with Gasteiger partial charge in [0.2, 0.25) is 6.29 Å². The second kappa shape index (κ2) is 3.71. The average Bonchev–Trinajstić information content (AvgIpc) is 2.46. The van der Waals surface area contributed by atoms with Gasteiger partial charge in [-0.05, 0) is 6.08 Å². The van der Waals surface area contributed by atoms with Crippen LogP contribution in [0.25, 0.3) is 0 Å². The van der Waals surface area contributed by atoms with Gasteiger partial charge in [0.15, 0.2) is 0 Å². The molecule has 0 aromatic heterocycles. The largest absolute Gasteiger partial charge is 0.464 e. The Morgan fingerprint density at radius 1 is 1.55 bits per heavy atom. The minimum Gasteiger partial charge on any atom is -0.464 e. The number of aliphatic hydroxyl groups is 1. The topological polar surface area (TPSA) is 47.9 Å². The fourth-order valence-corrected chi connectivity index (χ4v) is 0.969. The summed E-state index contributed by atoms with van der Waals surface area (Å²) in [6, 6.07) is 0. The number of aliphatic hydroxyl groups excluding tert-OH is 1. The number of hydrogen-bond donors (Lipinski definition) is 1. The van der Waals surface area contributed by atoms with Crippen molar-refractivity contribution in [1.82, 2.24) is 0 Å². The van der Waals surface area contributed by atoms with Crippen molar-refractivity contribution < 1.29 is 19.3 Å². The predicted molar refractivity (Wildman–Crippen MR) is 37.8 cm³/mol. The lowest BCUT2D eigenvalue weighted by Crippen LogP contribution is -2.25. The normalized spacial score (nSPS) is 29.9. The van der Waals surface area contributed by atoms with E-state index >= 15 is 0 Å². The molecule has 0 amide bonds. The van der Waals surface area contributed by atoms with Crippen molar-refractivity contribution in [3.63, 3.8) is 0 Å². The molecule has 1 N–H and O–H groups in total. The molecule has 0 aromatic rings. The number of ether oxygens (including phenoxy) is 3. The Morgan fingerprint density at radius 3 is 2.64 bits per heavy atom. The van der Waals surface area contributed by atoms with E-state index in [1.54, 1.807) is 13.2 Å². The van der Waals surface area contributed by atoms with Gasteiger partial charge >= 0.3 is 0 Å². The first-order valence-corrected chi connectivity index (χ1v) is 3.35. The van der Waals surface area contributed by atoms with Gasteiger partial charge in [-0.1, -0.05) is 0 Å². The van der Waals surface area contributed by atoms with Gasteiger partial charge in [0.05, 0.1) is 0 Å². The first-order chi connectivity index (χ1) is 5.31. The van der Waals surface area contributed by atoms with Crippen LogP contribution in [0.1, 0.15) is 0 Å². The third-order valence-corrected chi connectivity index (χ3v) is 1.55.